The molecule has 1 aromatic rings. The zero-order chi connectivity index (χ0) is 12.5. The standard InChI is InChI=1S/C15H19NO2/c17-13-9-11-6-1-2-7-12(11)15(13)16-14(18)8-10-4-3-5-10/h1-2,6-7,10,13,15,17H,3-5,8-9H2,(H,16,18). The molecule has 2 unspecified atom stereocenters. The lowest BCUT2D eigenvalue weighted by Gasteiger charge is -2.26. The maximum absolute atomic E-state index is 11.9. The summed E-state index contributed by atoms with van der Waals surface area (Å²) in [5, 5.41) is 13.0. The van der Waals surface area contributed by atoms with Gasteiger partial charge in [-0.25, -0.2) is 0 Å². The van der Waals surface area contributed by atoms with Crippen molar-refractivity contribution >= 4 is 5.91 Å². The molecule has 0 saturated heterocycles. The van der Waals surface area contributed by atoms with Crippen LogP contribution in [0.15, 0.2) is 24.3 Å². The minimum atomic E-state index is -0.479. The number of amides is 1. The molecule has 96 valence electrons. The van der Waals surface area contributed by atoms with Gasteiger partial charge in [0.2, 0.25) is 5.91 Å². The average Bonchev–Trinajstić information content (AvgIpc) is 2.61. The highest BCUT2D eigenvalue weighted by molar-refractivity contribution is 5.77. The Kier molecular flexibility index (Phi) is 3.08. The molecular formula is C15H19NO2. The second-order valence-electron chi connectivity index (χ2n) is 5.52. The van der Waals surface area contributed by atoms with Gasteiger partial charge >= 0.3 is 0 Å². The van der Waals surface area contributed by atoms with Crippen LogP contribution in [0.2, 0.25) is 0 Å². The quantitative estimate of drug-likeness (QED) is 0.855. The number of nitrogens with one attached hydrogen (secondary N) is 1. The highest BCUT2D eigenvalue weighted by Gasteiger charge is 2.32. The molecule has 1 amide bonds. The third-order valence-corrected chi connectivity index (χ3v) is 4.22. The van der Waals surface area contributed by atoms with E-state index in [1.54, 1.807) is 0 Å². The maximum Gasteiger partial charge on any atom is 0.220 e. The van der Waals surface area contributed by atoms with Gasteiger partial charge in [-0.15, -0.1) is 0 Å². The molecule has 0 heterocycles. The van der Waals surface area contributed by atoms with Crippen molar-refractivity contribution in [2.45, 2.75) is 44.2 Å². The van der Waals surface area contributed by atoms with E-state index in [9.17, 15) is 9.90 Å². The monoisotopic (exact) mass is 245 g/mol. The van der Waals surface area contributed by atoms with E-state index in [2.05, 4.69) is 5.32 Å². The topological polar surface area (TPSA) is 49.3 Å². The van der Waals surface area contributed by atoms with Crippen LogP contribution >= 0.6 is 0 Å². The van der Waals surface area contributed by atoms with Crippen LogP contribution < -0.4 is 5.32 Å². The number of rotatable bonds is 3. The van der Waals surface area contributed by atoms with Crippen molar-refractivity contribution in [1.82, 2.24) is 5.32 Å². The van der Waals surface area contributed by atoms with Crippen LogP contribution in [0.1, 0.15) is 42.9 Å². The van der Waals surface area contributed by atoms with Crippen molar-refractivity contribution in [2.75, 3.05) is 0 Å². The van der Waals surface area contributed by atoms with E-state index in [4.69, 9.17) is 0 Å². The molecule has 1 saturated carbocycles. The molecule has 0 spiro atoms. The average molecular weight is 245 g/mol. The van der Waals surface area contributed by atoms with Crippen molar-refractivity contribution in [3.8, 4) is 0 Å². The van der Waals surface area contributed by atoms with E-state index in [0.717, 1.165) is 11.1 Å². The van der Waals surface area contributed by atoms with Crippen LogP contribution in [0.5, 0.6) is 0 Å². The van der Waals surface area contributed by atoms with Crippen molar-refractivity contribution in [3.63, 3.8) is 0 Å². The molecule has 1 fully saturated rings. The summed E-state index contributed by atoms with van der Waals surface area (Å²) in [5.74, 6) is 0.652. The summed E-state index contributed by atoms with van der Waals surface area (Å²) < 4.78 is 0. The van der Waals surface area contributed by atoms with E-state index in [0.29, 0.717) is 18.8 Å². The van der Waals surface area contributed by atoms with Crippen molar-refractivity contribution in [3.05, 3.63) is 35.4 Å². The van der Waals surface area contributed by atoms with Gasteiger partial charge in [0.25, 0.3) is 0 Å². The number of carbonyl (C=O) groups is 1. The Balaban J connectivity index is 1.66. The van der Waals surface area contributed by atoms with Crippen molar-refractivity contribution in [1.29, 1.82) is 0 Å². The lowest BCUT2D eigenvalue weighted by Crippen LogP contribution is -2.35. The number of aliphatic hydroxyl groups is 1. The van der Waals surface area contributed by atoms with E-state index < -0.39 is 6.10 Å². The SMILES string of the molecule is O=C(CC1CCC1)NC1c2ccccc2CC1O. The first-order valence-electron chi connectivity index (χ1n) is 6.79. The van der Waals surface area contributed by atoms with E-state index in [1.807, 2.05) is 24.3 Å². The summed E-state index contributed by atoms with van der Waals surface area (Å²) in [5.41, 5.74) is 2.23. The molecule has 0 radical (unpaired) electrons. The minimum Gasteiger partial charge on any atom is -0.390 e. The first-order chi connectivity index (χ1) is 8.74. The molecule has 18 heavy (non-hydrogen) atoms. The molecule has 2 N–H and O–H groups in total. The molecular weight excluding hydrogens is 226 g/mol. The van der Waals surface area contributed by atoms with Gasteiger partial charge in [0.05, 0.1) is 12.1 Å². The Hall–Kier alpha value is -1.35. The molecule has 3 rings (SSSR count). The van der Waals surface area contributed by atoms with Gasteiger partial charge in [-0.1, -0.05) is 30.7 Å². The Morgan fingerprint density at radius 2 is 2.11 bits per heavy atom. The highest BCUT2D eigenvalue weighted by Crippen LogP contribution is 2.33. The molecule has 3 nitrogen and oxygen atoms in total. The number of carbonyl (C=O) groups excluding carboxylic acids is 1. The molecule has 3 heteroatoms. The Bertz CT molecular complexity index is 454. The van der Waals surface area contributed by atoms with Crippen LogP contribution in [0.4, 0.5) is 0 Å². The van der Waals surface area contributed by atoms with Gasteiger partial charge in [-0.05, 0) is 29.9 Å². The molecule has 0 bridgehead atoms. The predicted octanol–water partition coefficient (Wildman–Crippen LogP) is 1.95. The molecule has 2 aliphatic rings. The molecule has 1 aromatic carbocycles. The molecule has 0 aromatic heterocycles. The normalized spacial score (nSPS) is 26.5. The van der Waals surface area contributed by atoms with Gasteiger partial charge in [-0.2, -0.15) is 0 Å². The minimum absolute atomic E-state index is 0.0838. The van der Waals surface area contributed by atoms with Crippen LogP contribution in [0.3, 0.4) is 0 Å². The van der Waals surface area contributed by atoms with E-state index >= 15 is 0 Å². The third-order valence-electron chi connectivity index (χ3n) is 4.22. The predicted molar refractivity (Wildman–Crippen MR) is 69.0 cm³/mol. The summed E-state index contributed by atoms with van der Waals surface area (Å²) in [4.78, 5) is 11.9. The number of fused-ring (bicyclic) bond motifs is 1. The zero-order valence-electron chi connectivity index (χ0n) is 10.4. The second kappa shape index (κ2) is 4.73. The number of hydrogen-bond donors (Lipinski definition) is 2. The maximum atomic E-state index is 11.9. The van der Waals surface area contributed by atoms with Gasteiger partial charge < -0.3 is 10.4 Å². The van der Waals surface area contributed by atoms with Gasteiger partial charge in [0.15, 0.2) is 0 Å². The molecule has 0 aliphatic heterocycles. The van der Waals surface area contributed by atoms with E-state index in [1.165, 1.54) is 19.3 Å². The van der Waals surface area contributed by atoms with Gasteiger partial charge in [-0.3, -0.25) is 4.79 Å². The van der Waals surface area contributed by atoms with Crippen LogP contribution in [-0.4, -0.2) is 17.1 Å². The summed E-state index contributed by atoms with van der Waals surface area (Å²) in [6, 6.07) is 7.75. The fourth-order valence-corrected chi connectivity index (χ4v) is 2.94. The number of hydrogen-bond acceptors (Lipinski definition) is 2. The summed E-state index contributed by atoms with van der Waals surface area (Å²) in [7, 11) is 0. The van der Waals surface area contributed by atoms with Crippen molar-refractivity contribution < 1.29 is 9.90 Å². The highest BCUT2D eigenvalue weighted by atomic mass is 16.3. The van der Waals surface area contributed by atoms with Crippen LogP contribution in [0.25, 0.3) is 0 Å². The second-order valence-corrected chi connectivity index (χ2v) is 5.52. The fraction of sp³-hybridized carbons (Fsp3) is 0.533. The first-order valence-corrected chi connectivity index (χ1v) is 6.79. The Morgan fingerprint density at radius 3 is 2.83 bits per heavy atom. The van der Waals surface area contributed by atoms with E-state index in [-0.39, 0.29) is 11.9 Å². The Morgan fingerprint density at radius 1 is 1.33 bits per heavy atom. The number of benzene rings is 1. The van der Waals surface area contributed by atoms with Crippen LogP contribution in [0, 0.1) is 5.92 Å². The van der Waals surface area contributed by atoms with Crippen LogP contribution in [-0.2, 0) is 11.2 Å². The number of aliphatic hydroxyl groups excluding tert-OH is 1. The third kappa shape index (κ3) is 2.15. The molecule has 2 aliphatic carbocycles. The molecule has 2 atom stereocenters. The summed E-state index contributed by atoms with van der Waals surface area (Å²) >= 11 is 0. The van der Waals surface area contributed by atoms with Gasteiger partial charge in [0.1, 0.15) is 0 Å². The lowest BCUT2D eigenvalue weighted by atomic mass is 9.83. The smallest absolute Gasteiger partial charge is 0.220 e. The largest absolute Gasteiger partial charge is 0.390 e. The van der Waals surface area contributed by atoms with Gasteiger partial charge in [0, 0.05) is 12.8 Å². The fourth-order valence-electron chi connectivity index (χ4n) is 2.94. The zero-order valence-corrected chi connectivity index (χ0v) is 10.4. The van der Waals surface area contributed by atoms with Crippen molar-refractivity contribution in [2.24, 2.45) is 5.92 Å². The lowest BCUT2D eigenvalue weighted by molar-refractivity contribution is -0.124. The summed E-state index contributed by atoms with van der Waals surface area (Å²) in [6.45, 7) is 0. The first kappa shape index (κ1) is 11.7. The Labute approximate surface area is 107 Å². The summed E-state index contributed by atoms with van der Waals surface area (Å²) in [6.07, 6.45) is 4.39.